The van der Waals surface area contributed by atoms with Gasteiger partial charge in [0.1, 0.15) is 6.10 Å². The van der Waals surface area contributed by atoms with Gasteiger partial charge in [-0.05, 0) is 12.5 Å². The van der Waals surface area contributed by atoms with E-state index in [1.807, 2.05) is 0 Å². The minimum atomic E-state index is -3.32. The van der Waals surface area contributed by atoms with Crippen LogP contribution >= 0.6 is 0 Å². The molecule has 1 aromatic rings. The fourth-order valence-electron chi connectivity index (χ4n) is 1.26. The van der Waals surface area contributed by atoms with Crippen molar-refractivity contribution in [2.45, 2.75) is 25.4 Å². The quantitative estimate of drug-likeness (QED) is 0.829. The summed E-state index contributed by atoms with van der Waals surface area (Å²) >= 11 is 0. The number of aliphatic carboxylic acids is 1. The molecule has 0 saturated carbocycles. The van der Waals surface area contributed by atoms with E-state index < -0.39 is 18.0 Å². The Hall–Kier alpha value is -1.49. The van der Waals surface area contributed by atoms with Gasteiger partial charge in [-0.15, -0.1) is 0 Å². The maximum atomic E-state index is 13.3. The van der Waals surface area contributed by atoms with Crippen LogP contribution in [0.1, 0.15) is 18.1 Å². The number of aliphatic hydroxyl groups excluding tert-OH is 1. The van der Waals surface area contributed by atoms with E-state index in [-0.39, 0.29) is 12.0 Å². The minimum absolute atomic E-state index is 0.208. The molecule has 1 aromatic carbocycles. The summed E-state index contributed by atoms with van der Waals surface area (Å²) < 4.78 is 26.6. The van der Waals surface area contributed by atoms with Crippen LogP contribution in [0.4, 0.5) is 8.78 Å². The molecule has 0 aromatic heterocycles. The van der Waals surface area contributed by atoms with Crippen LogP contribution < -0.4 is 0 Å². The molecule has 1 rings (SSSR count). The van der Waals surface area contributed by atoms with Crippen LogP contribution in [0.15, 0.2) is 24.3 Å². The van der Waals surface area contributed by atoms with Gasteiger partial charge in [-0.1, -0.05) is 24.3 Å². The van der Waals surface area contributed by atoms with Crippen LogP contribution in [0.5, 0.6) is 0 Å². The monoisotopic (exact) mass is 230 g/mol. The van der Waals surface area contributed by atoms with Crippen molar-refractivity contribution in [1.29, 1.82) is 0 Å². The Bertz CT molecular complexity index is 371. The number of carbonyl (C=O) groups is 1. The maximum absolute atomic E-state index is 13.3. The molecule has 0 aliphatic heterocycles. The third kappa shape index (κ3) is 2.76. The highest BCUT2D eigenvalue weighted by Gasteiger charge is 2.37. The molecule has 0 amide bonds. The maximum Gasteiger partial charge on any atom is 0.307 e. The number of alkyl halides is 2. The van der Waals surface area contributed by atoms with E-state index in [1.165, 1.54) is 12.1 Å². The van der Waals surface area contributed by atoms with Gasteiger partial charge in [0.05, 0.1) is 6.42 Å². The second-order valence-corrected chi connectivity index (χ2v) is 3.57. The lowest BCUT2D eigenvalue weighted by atomic mass is 10.0. The topological polar surface area (TPSA) is 57.5 Å². The smallest absolute Gasteiger partial charge is 0.307 e. The van der Waals surface area contributed by atoms with E-state index in [0.717, 1.165) is 19.1 Å². The molecule has 0 bridgehead atoms. The molecule has 0 fully saturated rings. The Labute approximate surface area is 91.3 Å². The van der Waals surface area contributed by atoms with E-state index in [9.17, 15) is 13.6 Å². The normalized spacial score (nSPS) is 13.5. The van der Waals surface area contributed by atoms with E-state index in [4.69, 9.17) is 10.2 Å². The molecule has 5 heteroatoms. The standard InChI is InChI=1S/C11H12F2O3/c1-7(14)11(12,13)9-4-2-8(3-5-9)6-10(15)16/h2-5,7,14H,6H2,1H3,(H,15,16). The van der Waals surface area contributed by atoms with E-state index in [2.05, 4.69) is 0 Å². The van der Waals surface area contributed by atoms with Crippen molar-refractivity contribution in [3.8, 4) is 0 Å². The van der Waals surface area contributed by atoms with Crippen LogP contribution in [-0.4, -0.2) is 22.3 Å². The summed E-state index contributed by atoms with van der Waals surface area (Å²) in [6.45, 7) is 1.01. The number of hydrogen-bond acceptors (Lipinski definition) is 2. The molecule has 0 aliphatic carbocycles. The summed E-state index contributed by atoms with van der Waals surface area (Å²) in [7, 11) is 0. The zero-order chi connectivity index (χ0) is 12.3. The number of benzene rings is 1. The number of rotatable bonds is 4. The first-order chi connectivity index (χ1) is 7.34. The SMILES string of the molecule is CC(O)C(F)(F)c1ccc(CC(=O)O)cc1. The molecule has 0 aliphatic rings. The van der Waals surface area contributed by atoms with E-state index >= 15 is 0 Å². The summed E-state index contributed by atoms with van der Waals surface area (Å²) in [5.74, 6) is -4.34. The largest absolute Gasteiger partial charge is 0.481 e. The highest BCUT2D eigenvalue weighted by molar-refractivity contribution is 5.70. The lowest BCUT2D eigenvalue weighted by Crippen LogP contribution is -2.27. The molecule has 88 valence electrons. The van der Waals surface area contributed by atoms with Gasteiger partial charge in [-0.3, -0.25) is 4.79 Å². The zero-order valence-corrected chi connectivity index (χ0v) is 8.65. The summed E-state index contributed by atoms with van der Waals surface area (Å²) in [4.78, 5) is 10.4. The average molecular weight is 230 g/mol. The predicted molar refractivity (Wildman–Crippen MR) is 53.4 cm³/mol. The van der Waals surface area contributed by atoms with Crippen molar-refractivity contribution < 1.29 is 23.8 Å². The third-order valence-corrected chi connectivity index (χ3v) is 2.22. The van der Waals surface area contributed by atoms with Crippen LogP contribution in [0.25, 0.3) is 0 Å². The van der Waals surface area contributed by atoms with Gasteiger partial charge in [0, 0.05) is 5.56 Å². The molecule has 0 heterocycles. The van der Waals surface area contributed by atoms with Gasteiger partial charge in [-0.2, -0.15) is 8.78 Å². The second-order valence-electron chi connectivity index (χ2n) is 3.57. The van der Waals surface area contributed by atoms with Crippen molar-refractivity contribution >= 4 is 5.97 Å². The number of hydrogen-bond donors (Lipinski definition) is 2. The molecule has 0 radical (unpaired) electrons. The summed E-state index contributed by atoms with van der Waals surface area (Å²) in [5, 5.41) is 17.4. The van der Waals surface area contributed by atoms with Crippen molar-refractivity contribution in [2.75, 3.05) is 0 Å². The number of aliphatic hydroxyl groups is 1. The lowest BCUT2D eigenvalue weighted by Gasteiger charge is -2.19. The number of halogens is 2. The first kappa shape index (κ1) is 12.6. The van der Waals surface area contributed by atoms with Crippen molar-refractivity contribution in [3.05, 3.63) is 35.4 Å². The van der Waals surface area contributed by atoms with Crippen molar-refractivity contribution in [3.63, 3.8) is 0 Å². The Morgan fingerprint density at radius 3 is 2.25 bits per heavy atom. The Morgan fingerprint density at radius 1 is 1.38 bits per heavy atom. The van der Waals surface area contributed by atoms with Gasteiger partial charge in [0.2, 0.25) is 0 Å². The summed E-state index contributed by atoms with van der Waals surface area (Å²) in [6, 6.07) is 4.90. The first-order valence-electron chi connectivity index (χ1n) is 4.71. The number of carboxylic acids is 1. The Kier molecular flexibility index (Phi) is 3.59. The Morgan fingerprint density at radius 2 is 1.88 bits per heavy atom. The summed E-state index contributed by atoms with van der Waals surface area (Å²) in [6.07, 6.45) is -1.99. The molecule has 16 heavy (non-hydrogen) atoms. The van der Waals surface area contributed by atoms with Crippen LogP contribution in [0, 0.1) is 0 Å². The van der Waals surface area contributed by atoms with Crippen LogP contribution in [0.3, 0.4) is 0 Å². The average Bonchev–Trinajstić information content (AvgIpc) is 2.17. The Balaban J connectivity index is 2.90. The highest BCUT2D eigenvalue weighted by Crippen LogP contribution is 2.31. The summed E-state index contributed by atoms with van der Waals surface area (Å²) in [5.41, 5.74) is 0.120. The first-order valence-corrected chi connectivity index (χ1v) is 4.71. The van der Waals surface area contributed by atoms with E-state index in [1.54, 1.807) is 0 Å². The van der Waals surface area contributed by atoms with E-state index in [0.29, 0.717) is 5.56 Å². The highest BCUT2D eigenvalue weighted by atomic mass is 19.3. The minimum Gasteiger partial charge on any atom is -0.481 e. The zero-order valence-electron chi connectivity index (χ0n) is 8.65. The van der Waals surface area contributed by atoms with Gasteiger partial charge in [0.25, 0.3) is 5.92 Å². The molecule has 1 unspecified atom stereocenters. The number of carboxylic acid groups (broad SMARTS) is 1. The van der Waals surface area contributed by atoms with Crippen molar-refractivity contribution in [2.24, 2.45) is 0 Å². The van der Waals surface area contributed by atoms with Crippen molar-refractivity contribution in [1.82, 2.24) is 0 Å². The molecule has 0 saturated heterocycles. The molecule has 0 spiro atoms. The fraction of sp³-hybridized carbons (Fsp3) is 0.364. The molecule has 2 N–H and O–H groups in total. The van der Waals surface area contributed by atoms with Gasteiger partial charge < -0.3 is 10.2 Å². The van der Waals surface area contributed by atoms with Gasteiger partial charge in [-0.25, -0.2) is 0 Å². The third-order valence-electron chi connectivity index (χ3n) is 2.22. The molecular formula is C11H12F2O3. The lowest BCUT2D eigenvalue weighted by molar-refractivity contribution is -0.136. The van der Waals surface area contributed by atoms with Crippen LogP contribution in [-0.2, 0) is 17.1 Å². The molecule has 1 atom stereocenters. The molecule has 3 nitrogen and oxygen atoms in total. The predicted octanol–water partition coefficient (Wildman–Crippen LogP) is 1.79. The van der Waals surface area contributed by atoms with Crippen LogP contribution in [0.2, 0.25) is 0 Å². The van der Waals surface area contributed by atoms with Gasteiger partial charge in [0.15, 0.2) is 0 Å². The molecular weight excluding hydrogens is 218 g/mol. The second kappa shape index (κ2) is 4.57. The van der Waals surface area contributed by atoms with Gasteiger partial charge >= 0.3 is 5.97 Å². The fourth-order valence-corrected chi connectivity index (χ4v) is 1.26.